The molecule has 0 saturated heterocycles. The fourth-order valence-corrected chi connectivity index (χ4v) is 1.79. The number of carbonyl (C=O) groups is 2. The van der Waals surface area contributed by atoms with Crippen molar-refractivity contribution in [2.75, 3.05) is 18.1 Å². The lowest BCUT2D eigenvalue weighted by atomic mass is 10.4. The van der Waals surface area contributed by atoms with Gasteiger partial charge in [-0.2, -0.15) is 18.3 Å². The van der Waals surface area contributed by atoms with E-state index in [-0.39, 0.29) is 18.8 Å². The summed E-state index contributed by atoms with van der Waals surface area (Å²) in [5, 5.41) is 14.1. The number of amides is 1. The van der Waals surface area contributed by atoms with E-state index in [1.807, 2.05) is 0 Å². The molecule has 10 heteroatoms. The van der Waals surface area contributed by atoms with Crippen LogP contribution < -0.4 is 5.32 Å². The number of carboxylic acids is 1. The third-order valence-corrected chi connectivity index (χ3v) is 2.97. The van der Waals surface area contributed by atoms with E-state index in [0.717, 1.165) is 28.7 Å². The minimum Gasteiger partial charge on any atom is -0.481 e. The summed E-state index contributed by atoms with van der Waals surface area (Å²) in [6, 6.07) is 0.788. The number of alkyl halides is 3. The van der Waals surface area contributed by atoms with Crippen molar-refractivity contribution in [3.8, 4) is 0 Å². The topological polar surface area (TPSA) is 84.2 Å². The third-order valence-electron chi connectivity index (χ3n) is 2.03. The molecule has 0 unspecified atom stereocenters. The Balaban J connectivity index is 2.29. The molecule has 0 radical (unpaired) electrons. The molecule has 0 saturated carbocycles. The van der Waals surface area contributed by atoms with Crippen molar-refractivity contribution in [1.82, 2.24) is 15.1 Å². The van der Waals surface area contributed by atoms with Crippen LogP contribution in [0.4, 0.5) is 13.2 Å². The predicted molar refractivity (Wildman–Crippen MR) is 65.2 cm³/mol. The number of thioether (sulfide) groups is 1. The highest BCUT2D eigenvalue weighted by Gasteiger charge is 2.33. The number of nitrogens with zero attached hydrogens (tertiary/aromatic N) is 2. The van der Waals surface area contributed by atoms with Gasteiger partial charge in [0.1, 0.15) is 6.54 Å². The zero-order valence-corrected chi connectivity index (χ0v) is 11.0. The highest BCUT2D eigenvalue weighted by atomic mass is 32.2. The van der Waals surface area contributed by atoms with E-state index in [1.54, 1.807) is 0 Å². The fraction of sp³-hybridized carbons (Fsp3) is 0.500. The first-order valence-electron chi connectivity index (χ1n) is 5.46. The predicted octanol–water partition coefficient (Wildman–Crippen LogP) is 0.836. The highest BCUT2D eigenvalue weighted by Crippen LogP contribution is 2.27. The third kappa shape index (κ3) is 5.95. The number of nitrogens with one attached hydrogen (secondary N) is 1. The van der Waals surface area contributed by atoms with E-state index in [2.05, 4.69) is 10.4 Å². The monoisotopic (exact) mass is 311 g/mol. The van der Waals surface area contributed by atoms with Gasteiger partial charge in [0, 0.05) is 18.5 Å². The second-order valence-corrected chi connectivity index (χ2v) is 4.80. The molecule has 0 atom stereocenters. The fourth-order valence-electron chi connectivity index (χ4n) is 1.23. The van der Waals surface area contributed by atoms with Gasteiger partial charge >= 0.3 is 12.1 Å². The summed E-state index contributed by atoms with van der Waals surface area (Å²) in [6.07, 6.45) is -3.46. The Kier molecular flexibility index (Phi) is 5.86. The lowest BCUT2D eigenvalue weighted by molar-refractivity contribution is -0.141. The average Bonchev–Trinajstić information content (AvgIpc) is 2.76. The number of hydrogen-bond donors (Lipinski definition) is 2. The van der Waals surface area contributed by atoms with Crippen molar-refractivity contribution in [2.45, 2.75) is 12.7 Å². The summed E-state index contributed by atoms with van der Waals surface area (Å²) >= 11 is 1.13. The normalized spacial score (nSPS) is 11.3. The molecule has 0 aromatic carbocycles. The van der Waals surface area contributed by atoms with Crippen LogP contribution in [0.1, 0.15) is 5.69 Å². The van der Waals surface area contributed by atoms with Crippen molar-refractivity contribution in [1.29, 1.82) is 0 Å². The summed E-state index contributed by atoms with van der Waals surface area (Å²) in [7, 11) is 0. The van der Waals surface area contributed by atoms with Gasteiger partial charge in [0.25, 0.3) is 0 Å². The summed E-state index contributed by atoms with van der Waals surface area (Å²) in [5.74, 6) is -1.09. The van der Waals surface area contributed by atoms with Crippen molar-refractivity contribution < 1.29 is 27.9 Å². The van der Waals surface area contributed by atoms with Gasteiger partial charge in [-0.25, -0.2) is 0 Å². The summed E-state index contributed by atoms with van der Waals surface area (Å²) < 4.78 is 37.7. The van der Waals surface area contributed by atoms with Crippen LogP contribution in [0.2, 0.25) is 0 Å². The van der Waals surface area contributed by atoms with Gasteiger partial charge < -0.3 is 10.4 Å². The van der Waals surface area contributed by atoms with E-state index in [9.17, 15) is 22.8 Å². The second kappa shape index (κ2) is 7.17. The Bertz CT molecular complexity index is 476. The maximum Gasteiger partial charge on any atom is 0.435 e. The Hall–Kier alpha value is -1.71. The van der Waals surface area contributed by atoms with Crippen LogP contribution in [0.5, 0.6) is 0 Å². The molecule has 1 amide bonds. The lowest BCUT2D eigenvalue weighted by Gasteiger charge is -2.05. The Morgan fingerprint density at radius 1 is 1.45 bits per heavy atom. The molecule has 1 heterocycles. The van der Waals surface area contributed by atoms with Crippen LogP contribution in [-0.4, -0.2) is 44.8 Å². The van der Waals surface area contributed by atoms with Gasteiger partial charge in [-0.05, 0) is 6.07 Å². The summed E-state index contributed by atoms with van der Waals surface area (Å²) in [6.45, 7) is -0.0795. The maximum absolute atomic E-state index is 12.3. The van der Waals surface area contributed by atoms with Crippen molar-refractivity contribution in [3.63, 3.8) is 0 Å². The van der Waals surface area contributed by atoms with Crippen molar-refractivity contribution >= 4 is 23.6 Å². The van der Waals surface area contributed by atoms with E-state index in [0.29, 0.717) is 5.75 Å². The van der Waals surface area contributed by atoms with E-state index in [1.165, 1.54) is 0 Å². The Morgan fingerprint density at radius 3 is 2.70 bits per heavy atom. The highest BCUT2D eigenvalue weighted by molar-refractivity contribution is 7.99. The first-order chi connectivity index (χ1) is 9.29. The molecular weight excluding hydrogens is 299 g/mol. The molecular formula is C10H12F3N3O3S. The molecule has 0 aliphatic heterocycles. The first-order valence-corrected chi connectivity index (χ1v) is 6.61. The molecule has 20 heavy (non-hydrogen) atoms. The number of aromatic nitrogens is 2. The van der Waals surface area contributed by atoms with Crippen LogP contribution in [0.15, 0.2) is 12.3 Å². The molecule has 1 rings (SSSR count). The van der Waals surface area contributed by atoms with Crippen LogP contribution in [0, 0.1) is 0 Å². The molecule has 1 aromatic heterocycles. The molecule has 6 nitrogen and oxygen atoms in total. The SMILES string of the molecule is O=C(O)CSCCNC(=O)Cn1ccc(C(F)(F)F)n1. The Morgan fingerprint density at radius 2 is 2.15 bits per heavy atom. The number of hydrogen-bond acceptors (Lipinski definition) is 4. The minimum absolute atomic E-state index is 0.0655. The molecule has 2 N–H and O–H groups in total. The summed E-state index contributed by atoms with van der Waals surface area (Å²) in [4.78, 5) is 21.6. The summed E-state index contributed by atoms with van der Waals surface area (Å²) in [5.41, 5.74) is -1.05. The number of halogens is 3. The van der Waals surface area contributed by atoms with Crippen LogP contribution in [-0.2, 0) is 22.3 Å². The zero-order valence-electron chi connectivity index (χ0n) is 10.2. The Labute approximate surface area is 116 Å². The quantitative estimate of drug-likeness (QED) is 0.729. The van der Waals surface area contributed by atoms with Crippen molar-refractivity contribution in [2.24, 2.45) is 0 Å². The van der Waals surface area contributed by atoms with E-state index < -0.39 is 23.7 Å². The number of carboxylic acid groups (broad SMARTS) is 1. The molecule has 0 aliphatic rings. The smallest absolute Gasteiger partial charge is 0.435 e. The number of carbonyl (C=O) groups excluding carboxylic acids is 1. The molecule has 0 spiro atoms. The van der Waals surface area contributed by atoms with E-state index >= 15 is 0 Å². The molecule has 0 aliphatic carbocycles. The lowest BCUT2D eigenvalue weighted by Crippen LogP contribution is -2.30. The largest absolute Gasteiger partial charge is 0.481 e. The number of aliphatic carboxylic acids is 1. The molecule has 0 bridgehead atoms. The van der Waals surface area contributed by atoms with Gasteiger partial charge in [-0.1, -0.05) is 0 Å². The van der Waals surface area contributed by atoms with Gasteiger partial charge in [0.2, 0.25) is 5.91 Å². The molecule has 112 valence electrons. The van der Waals surface area contributed by atoms with Gasteiger partial charge in [-0.3, -0.25) is 14.3 Å². The number of rotatable bonds is 7. The molecule has 1 aromatic rings. The first kappa shape index (κ1) is 16.3. The maximum atomic E-state index is 12.3. The van der Waals surface area contributed by atoms with Crippen molar-refractivity contribution in [3.05, 3.63) is 18.0 Å². The van der Waals surface area contributed by atoms with Gasteiger partial charge in [0.05, 0.1) is 5.75 Å². The zero-order chi connectivity index (χ0) is 15.2. The van der Waals surface area contributed by atoms with Crippen LogP contribution in [0.25, 0.3) is 0 Å². The molecule has 0 fully saturated rings. The van der Waals surface area contributed by atoms with E-state index in [4.69, 9.17) is 5.11 Å². The van der Waals surface area contributed by atoms with Gasteiger partial charge in [0.15, 0.2) is 5.69 Å². The minimum atomic E-state index is -4.53. The second-order valence-electron chi connectivity index (χ2n) is 3.69. The van der Waals surface area contributed by atoms with Crippen LogP contribution in [0.3, 0.4) is 0 Å². The van der Waals surface area contributed by atoms with Gasteiger partial charge in [-0.15, -0.1) is 11.8 Å². The van der Waals surface area contributed by atoms with Crippen LogP contribution >= 0.6 is 11.8 Å². The standard InChI is InChI=1S/C10H12F3N3O3S/c11-10(12,13)7-1-3-16(15-7)5-8(17)14-2-4-20-6-9(18)19/h1,3H,2,4-6H2,(H,14,17)(H,18,19). The average molecular weight is 311 g/mol.